The highest BCUT2D eigenvalue weighted by molar-refractivity contribution is 6.21. The molecule has 0 fully saturated rings. The number of ether oxygens (including phenoxy) is 1. The Kier molecular flexibility index (Phi) is 5.17. The molecule has 3 atom stereocenters. The van der Waals surface area contributed by atoms with Crippen LogP contribution in [0, 0.1) is 5.82 Å². The number of para-hydroxylation sites is 1. The molecule has 3 amide bonds. The van der Waals surface area contributed by atoms with E-state index in [1.807, 2.05) is 6.07 Å². The Morgan fingerprint density at radius 2 is 1.58 bits per heavy atom. The number of hydrogen-bond acceptors (Lipinski definition) is 4. The van der Waals surface area contributed by atoms with Gasteiger partial charge in [0.25, 0.3) is 11.8 Å². The minimum absolute atomic E-state index is 0.0942. The number of amides is 3. The van der Waals surface area contributed by atoms with Crippen LogP contribution in [0.15, 0.2) is 72.8 Å². The lowest BCUT2D eigenvalue weighted by Gasteiger charge is -2.38. The standard InChI is InChI=1S/C26H21FN2O4/c1-15(16-10-12-17(27)13-11-16)24(30)28-21-14-33-22-9-5-4-8-20(22)23(21)29-25(31)18-6-2-3-7-19(18)26(29)32/h2-13,15,21,23H,14H2,1H3,(H,28,30)/t15-,21+,23+/m0/s1. The first kappa shape index (κ1) is 20.9. The SMILES string of the molecule is C[C@H](C(=O)N[C@@H]1COc2ccccc2[C@H]1N1C(=O)c2ccccc2C1=O)c1ccc(F)cc1. The van der Waals surface area contributed by atoms with Crippen molar-refractivity contribution in [3.63, 3.8) is 0 Å². The minimum Gasteiger partial charge on any atom is -0.491 e. The van der Waals surface area contributed by atoms with E-state index >= 15 is 0 Å². The quantitative estimate of drug-likeness (QED) is 0.621. The van der Waals surface area contributed by atoms with E-state index in [0.29, 0.717) is 28.0 Å². The monoisotopic (exact) mass is 444 g/mol. The van der Waals surface area contributed by atoms with Crippen molar-refractivity contribution < 1.29 is 23.5 Å². The van der Waals surface area contributed by atoms with Crippen molar-refractivity contribution in [3.05, 3.63) is 101 Å². The number of nitrogens with zero attached hydrogens (tertiary/aromatic N) is 1. The lowest BCUT2D eigenvalue weighted by molar-refractivity contribution is -0.123. The zero-order chi connectivity index (χ0) is 23.1. The van der Waals surface area contributed by atoms with E-state index in [9.17, 15) is 18.8 Å². The van der Waals surface area contributed by atoms with E-state index in [0.717, 1.165) is 0 Å². The zero-order valence-electron chi connectivity index (χ0n) is 17.8. The maximum absolute atomic E-state index is 13.3. The van der Waals surface area contributed by atoms with E-state index in [1.54, 1.807) is 61.5 Å². The summed E-state index contributed by atoms with van der Waals surface area (Å²) in [6.45, 7) is 1.81. The van der Waals surface area contributed by atoms with Gasteiger partial charge in [-0.25, -0.2) is 4.39 Å². The van der Waals surface area contributed by atoms with Crippen LogP contribution >= 0.6 is 0 Å². The van der Waals surface area contributed by atoms with Crippen LogP contribution < -0.4 is 10.1 Å². The van der Waals surface area contributed by atoms with Crippen LogP contribution in [0.25, 0.3) is 0 Å². The Hall–Kier alpha value is -4.00. The third-order valence-electron chi connectivity index (χ3n) is 6.23. The molecule has 166 valence electrons. The minimum atomic E-state index is -0.730. The number of halogens is 1. The summed E-state index contributed by atoms with van der Waals surface area (Å²) in [6, 6.07) is 18.2. The smallest absolute Gasteiger partial charge is 0.262 e. The fourth-order valence-electron chi connectivity index (χ4n) is 4.45. The fourth-order valence-corrected chi connectivity index (χ4v) is 4.45. The molecule has 2 aliphatic rings. The molecular weight excluding hydrogens is 423 g/mol. The summed E-state index contributed by atoms with van der Waals surface area (Å²) in [7, 11) is 0. The van der Waals surface area contributed by atoms with E-state index in [1.165, 1.54) is 17.0 Å². The highest BCUT2D eigenvalue weighted by atomic mass is 19.1. The number of hydrogen-bond donors (Lipinski definition) is 1. The van der Waals surface area contributed by atoms with Gasteiger partial charge < -0.3 is 10.1 Å². The molecule has 7 heteroatoms. The third-order valence-corrected chi connectivity index (χ3v) is 6.23. The van der Waals surface area contributed by atoms with E-state index in [-0.39, 0.29) is 18.3 Å². The van der Waals surface area contributed by atoms with Crippen LogP contribution in [0.3, 0.4) is 0 Å². The molecule has 0 bridgehead atoms. The van der Waals surface area contributed by atoms with Gasteiger partial charge in [0.05, 0.1) is 29.1 Å². The number of carbonyl (C=O) groups is 3. The summed E-state index contributed by atoms with van der Waals surface area (Å²) in [4.78, 5) is 40.8. The number of imide groups is 1. The highest BCUT2D eigenvalue weighted by Gasteiger charge is 2.46. The van der Waals surface area contributed by atoms with Crippen LogP contribution in [0.2, 0.25) is 0 Å². The first-order valence-corrected chi connectivity index (χ1v) is 10.7. The van der Waals surface area contributed by atoms with Crippen molar-refractivity contribution in [1.29, 1.82) is 0 Å². The average molecular weight is 444 g/mol. The van der Waals surface area contributed by atoms with E-state index < -0.39 is 29.8 Å². The zero-order valence-corrected chi connectivity index (χ0v) is 17.8. The van der Waals surface area contributed by atoms with Crippen molar-refractivity contribution in [2.24, 2.45) is 0 Å². The molecule has 0 saturated heterocycles. The maximum atomic E-state index is 13.3. The van der Waals surface area contributed by atoms with Crippen molar-refractivity contribution in [3.8, 4) is 5.75 Å². The topological polar surface area (TPSA) is 75.7 Å². The lowest BCUT2D eigenvalue weighted by Crippen LogP contribution is -2.53. The van der Waals surface area contributed by atoms with Gasteiger partial charge in [-0.15, -0.1) is 0 Å². The molecule has 0 aromatic heterocycles. The predicted octanol–water partition coefficient (Wildman–Crippen LogP) is 3.84. The van der Waals surface area contributed by atoms with Crippen LogP contribution in [0.5, 0.6) is 5.75 Å². The van der Waals surface area contributed by atoms with Crippen LogP contribution in [0.1, 0.15) is 50.7 Å². The van der Waals surface area contributed by atoms with Crippen LogP contribution in [0.4, 0.5) is 4.39 Å². The molecule has 6 nitrogen and oxygen atoms in total. The molecule has 0 radical (unpaired) electrons. The van der Waals surface area contributed by atoms with Gasteiger partial charge in [0.15, 0.2) is 0 Å². The molecule has 2 heterocycles. The Morgan fingerprint density at radius 1 is 0.970 bits per heavy atom. The third kappa shape index (κ3) is 3.55. The van der Waals surface area contributed by atoms with Gasteiger partial charge in [-0.1, -0.05) is 42.5 Å². The molecule has 3 aromatic rings. The second kappa shape index (κ2) is 8.16. The van der Waals surface area contributed by atoms with Crippen LogP contribution in [-0.4, -0.2) is 35.3 Å². The summed E-state index contributed by atoms with van der Waals surface area (Å²) in [5.41, 5.74) is 1.99. The largest absolute Gasteiger partial charge is 0.491 e. The molecule has 2 aliphatic heterocycles. The van der Waals surface area contributed by atoms with Gasteiger partial charge >= 0.3 is 0 Å². The normalized spacial score (nSPS) is 20.0. The number of benzene rings is 3. The molecule has 5 rings (SSSR count). The molecule has 3 aromatic carbocycles. The summed E-state index contributed by atoms with van der Waals surface area (Å²) in [5, 5.41) is 2.96. The number of nitrogens with one attached hydrogen (secondary N) is 1. The van der Waals surface area contributed by atoms with Gasteiger partial charge in [-0.2, -0.15) is 0 Å². The maximum Gasteiger partial charge on any atom is 0.262 e. The Morgan fingerprint density at radius 3 is 2.24 bits per heavy atom. The Balaban J connectivity index is 1.48. The summed E-state index contributed by atoms with van der Waals surface area (Å²) >= 11 is 0. The molecule has 0 saturated carbocycles. The molecule has 0 unspecified atom stereocenters. The van der Waals surface area contributed by atoms with Crippen molar-refractivity contribution >= 4 is 17.7 Å². The number of fused-ring (bicyclic) bond motifs is 2. The number of rotatable bonds is 4. The van der Waals surface area contributed by atoms with E-state index in [2.05, 4.69) is 5.32 Å². The van der Waals surface area contributed by atoms with Crippen molar-refractivity contribution in [2.75, 3.05) is 6.61 Å². The molecular formula is C26H21FN2O4. The highest BCUT2D eigenvalue weighted by Crippen LogP contribution is 2.40. The second-order valence-electron chi connectivity index (χ2n) is 8.21. The Labute approximate surface area is 190 Å². The Bertz CT molecular complexity index is 1220. The van der Waals surface area contributed by atoms with Crippen LogP contribution in [-0.2, 0) is 4.79 Å². The molecule has 0 spiro atoms. The number of carbonyl (C=O) groups excluding carboxylic acids is 3. The van der Waals surface area contributed by atoms with Gasteiger partial charge in [0, 0.05) is 5.56 Å². The summed E-state index contributed by atoms with van der Waals surface area (Å²) in [5.74, 6) is -1.49. The first-order valence-electron chi connectivity index (χ1n) is 10.7. The van der Waals surface area contributed by atoms with Gasteiger partial charge in [-0.3, -0.25) is 19.3 Å². The second-order valence-corrected chi connectivity index (χ2v) is 8.21. The summed E-state index contributed by atoms with van der Waals surface area (Å²) in [6.07, 6.45) is 0. The molecule has 1 N–H and O–H groups in total. The van der Waals surface area contributed by atoms with Gasteiger partial charge in [-0.05, 0) is 42.8 Å². The van der Waals surface area contributed by atoms with Crippen molar-refractivity contribution in [1.82, 2.24) is 10.2 Å². The molecule has 0 aliphatic carbocycles. The predicted molar refractivity (Wildman–Crippen MR) is 118 cm³/mol. The first-order chi connectivity index (χ1) is 16.0. The molecule has 33 heavy (non-hydrogen) atoms. The van der Waals surface area contributed by atoms with Gasteiger partial charge in [0.2, 0.25) is 5.91 Å². The average Bonchev–Trinajstić information content (AvgIpc) is 3.09. The van der Waals surface area contributed by atoms with Gasteiger partial charge in [0.1, 0.15) is 18.2 Å². The van der Waals surface area contributed by atoms with E-state index in [4.69, 9.17) is 4.74 Å². The van der Waals surface area contributed by atoms with Crippen molar-refractivity contribution in [2.45, 2.75) is 24.9 Å². The summed E-state index contributed by atoms with van der Waals surface area (Å²) < 4.78 is 19.2. The fraction of sp³-hybridized carbons (Fsp3) is 0.192. The lowest BCUT2D eigenvalue weighted by atomic mass is 9.93.